The molecule has 4 nitrogen and oxygen atoms in total. The van der Waals surface area contributed by atoms with Gasteiger partial charge in [-0.15, -0.1) is 11.3 Å². The number of hydrogen-bond donors (Lipinski definition) is 0. The van der Waals surface area contributed by atoms with Gasteiger partial charge >= 0.3 is 0 Å². The van der Waals surface area contributed by atoms with Crippen LogP contribution < -0.4 is 4.74 Å². The summed E-state index contributed by atoms with van der Waals surface area (Å²) in [5, 5.41) is 1.92. The van der Waals surface area contributed by atoms with Gasteiger partial charge in [0.2, 0.25) is 5.88 Å². The average Bonchev–Trinajstić information content (AvgIpc) is 3.09. The number of aryl methyl sites for hydroxylation is 1. The third kappa shape index (κ3) is 2.82. The molecule has 20 heavy (non-hydrogen) atoms. The van der Waals surface area contributed by atoms with Crippen molar-refractivity contribution in [1.82, 2.24) is 9.88 Å². The van der Waals surface area contributed by atoms with E-state index in [2.05, 4.69) is 4.98 Å². The number of nitrogens with zero attached hydrogens (tertiary/aromatic N) is 2. The quantitative estimate of drug-likeness (QED) is 0.872. The van der Waals surface area contributed by atoms with Crippen molar-refractivity contribution >= 4 is 17.2 Å². The first kappa shape index (κ1) is 13.1. The van der Waals surface area contributed by atoms with E-state index in [-0.39, 0.29) is 12.0 Å². The first-order valence-corrected chi connectivity index (χ1v) is 7.53. The lowest BCUT2D eigenvalue weighted by Crippen LogP contribution is -2.30. The Hall–Kier alpha value is -1.88. The first-order valence-electron chi connectivity index (χ1n) is 6.65. The summed E-state index contributed by atoms with van der Waals surface area (Å²) >= 11 is 1.48. The Labute approximate surface area is 122 Å². The number of aromatic nitrogens is 1. The van der Waals surface area contributed by atoms with Crippen molar-refractivity contribution in [2.24, 2.45) is 0 Å². The van der Waals surface area contributed by atoms with E-state index in [0.717, 1.165) is 23.5 Å². The van der Waals surface area contributed by atoms with Gasteiger partial charge in [-0.1, -0.05) is 12.1 Å². The summed E-state index contributed by atoms with van der Waals surface area (Å²) in [6.45, 7) is 3.31. The molecule has 0 radical (unpaired) electrons. The maximum Gasteiger partial charge on any atom is 0.264 e. The SMILES string of the molecule is Cc1cccc(OC2CCN(C(=O)c3cccs3)C2)n1. The highest BCUT2D eigenvalue weighted by Gasteiger charge is 2.28. The van der Waals surface area contributed by atoms with E-state index < -0.39 is 0 Å². The number of pyridine rings is 1. The van der Waals surface area contributed by atoms with Crippen LogP contribution in [0.2, 0.25) is 0 Å². The minimum Gasteiger partial charge on any atom is -0.472 e. The summed E-state index contributed by atoms with van der Waals surface area (Å²) in [6.07, 6.45) is 0.889. The molecule has 0 aromatic carbocycles. The molecule has 2 aromatic rings. The van der Waals surface area contributed by atoms with Crippen LogP contribution in [-0.4, -0.2) is 35.0 Å². The van der Waals surface area contributed by atoms with Gasteiger partial charge in [-0.2, -0.15) is 0 Å². The third-order valence-electron chi connectivity index (χ3n) is 3.31. The van der Waals surface area contributed by atoms with Crippen molar-refractivity contribution in [2.45, 2.75) is 19.4 Å². The fraction of sp³-hybridized carbons (Fsp3) is 0.333. The summed E-state index contributed by atoms with van der Waals surface area (Å²) in [6, 6.07) is 9.49. The van der Waals surface area contributed by atoms with E-state index in [9.17, 15) is 4.79 Å². The van der Waals surface area contributed by atoms with Gasteiger partial charge in [0.1, 0.15) is 6.10 Å². The van der Waals surface area contributed by atoms with Gasteiger partial charge in [0, 0.05) is 24.7 Å². The molecule has 0 spiro atoms. The fourth-order valence-corrected chi connectivity index (χ4v) is 3.01. The average molecular weight is 288 g/mol. The highest BCUT2D eigenvalue weighted by Crippen LogP contribution is 2.20. The predicted octanol–water partition coefficient (Wildman–Crippen LogP) is 2.75. The lowest BCUT2D eigenvalue weighted by Gasteiger charge is -2.16. The lowest BCUT2D eigenvalue weighted by molar-refractivity contribution is 0.0776. The van der Waals surface area contributed by atoms with Crippen LogP contribution in [0.1, 0.15) is 21.8 Å². The van der Waals surface area contributed by atoms with Crippen molar-refractivity contribution in [3.63, 3.8) is 0 Å². The Kier molecular flexibility index (Phi) is 3.69. The number of thiophene rings is 1. The van der Waals surface area contributed by atoms with E-state index in [0.29, 0.717) is 12.4 Å². The number of carbonyl (C=O) groups excluding carboxylic acids is 1. The van der Waals surface area contributed by atoms with Crippen LogP contribution in [0.15, 0.2) is 35.7 Å². The molecule has 1 aliphatic rings. The van der Waals surface area contributed by atoms with Gasteiger partial charge in [-0.3, -0.25) is 4.79 Å². The van der Waals surface area contributed by atoms with Crippen LogP contribution in [0.5, 0.6) is 5.88 Å². The van der Waals surface area contributed by atoms with E-state index in [1.165, 1.54) is 11.3 Å². The van der Waals surface area contributed by atoms with Gasteiger partial charge in [0.05, 0.1) is 11.4 Å². The molecule has 1 unspecified atom stereocenters. The summed E-state index contributed by atoms with van der Waals surface area (Å²) in [5.41, 5.74) is 0.937. The van der Waals surface area contributed by atoms with Gasteiger partial charge in [-0.25, -0.2) is 4.98 Å². The Morgan fingerprint density at radius 3 is 3.05 bits per heavy atom. The largest absolute Gasteiger partial charge is 0.472 e. The Morgan fingerprint density at radius 1 is 1.40 bits per heavy atom. The molecular formula is C15H16N2O2S. The molecular weight excluding hydrogens is 272 g/mol. The highest BCUT2D eigenvalue weighted by atomic mass is 32.1. The predicted molar refractivity (Wildman–Crippen MR) is 78.2 cm³/mol. The van der Waals surface area contributed by atoms with Crippen molar-refractivity contribution in [2.75, 3.05) is 13.1 Å². The van der Waals surface area contributed by atoms with E-state index in [1.54, 1.807) is 0 Å². The molecule has 1 aliphatic heterocycles. The molecule has 1 atom stereocenters. The second kappa shape index (κ2) is 5.63. The number of rotatable bonds is 3. The van der Waals surface area contributed by atoms with Gasteiger partial charge in [-0.05, 0) is 24.4 Å². The molecule has 5 heteroatoms. The zero-order chi connectivity index (χ0) is 13.9. The smallest absolute Gasteiger partial charge is 0.264 e. The Balaban J connectivity index is 1.61. The molecule has 2 aromatic heterocycles. The van der Waals surface area contributed by atoms with Crippen LogP contribution in [0, 0.1) is 6.92 Å². The summed E-state index contributed by atoms with van der Waals surface area (Å²) < 4.78 is 5.85. The number of hydrogen-bond acceptors (Lipinski definition) is 4. The first-order chi connectivity index (χ1) is 9.72. The lowest BCUT2D eigenvalue weighted by atomic mass is 10.3. The summed E-state index contributed by atoms with van der Waals surface area (Å²) in [7, 11) is 0. The molecule has 0 aliphatic carbocycles. The van der Waals surface area contributed by atoms with Crippen LogP contribution in [0.25, 0.3) is 0 Å². The van der Waals surface area contributed by atoms with Crippen LogP contribution in [0.4, 0.5) is 0 Å². The molecule has 1 fully saturated rings. The molecule has 1 saturated heterocycles. The monoisotopic (exact) mass is 288 g/mol. The number of ether oxygens (including phenoxy) is 1. The standard InChI is InChI=1S/C15H16N2O2S/c1-11-4-2-6-14(16-11)19-12-7-8-17(10-12)15(18)13-5-3-9-20-13/h2-6,9,12H,7-8,10H2,1H3. The fourth-order valence-electron chi connectivity index (χ4n) is 2.32. The number of carbonyl (C=O) groups is 1. The van der Waals surface area contributed by atoms with Gasteiger partial charge in [0.15, 0.2) is 0 Å². The third-order valence-corrected chi connectivity index (χ3v) is 4.17. The summed E-state index contributed by atoms with van der Waals surface area (Å²) in [4.78, 5) is 19.2. The molecule has 3 rings (SSSR count). The van der Waals surface area contributed by atoms with Crippen LogP contribution in [-0.2, 0) is 0 Å². The topological polar surface area (TPSA) is 42.4 Å². The second-order valence-corrected chi connectivity index (χ2v) is 5.82. The molecule has 1 amide bonds. The number of likely N-dealkylation sites (tertiary alicyclic amines) is 1. The zero-order valence-electron chi connectivity index (χ0n) is 11.3. The van der Waals surface area contributed by atoms with Crippen molar-refractivity contribution < 1.29 is 9.53 Å². The van der Waals surface area contributed by atoms with Crippen molar-refractivity contribution in [1.29, 1.82) is 0 Å². The molecule has 104 valence electrons. The highest BCUT2D eigenvalue weighted by molar-refractivity contribution is 7.12. The van der Waals surface area contributed by atoms with E-state index in [1.807, 2.05) is 47.5 Å². The van der Waals surface area contributed by atoms with E-state index >= 15 is 0 Å². The molecule has 0 N–H and O–H groups in total. The molecule has 0 bridgehead atoms. The minimum absolute atomic E-state index is 0.0354. The summed E-state index contributed by atoms with van der Waals surface area (Å²) in [5.74, 6) is 0.740. The minimum atomic E-state index is 0.0354. The number of amides is 1. The van der Waals surface area contributed by atoms with Gasteiger partial charge in [0.25, 0.3) is 5.91 Å². The maximum atomic E-state index is 12.2. The Morgan fingerprint density at radius 2 is 2.30 bits per heavy atom. The second-order valence-electron chi connectivity index (χ2n) is 4.87. The van der Waals surface area contributed by atoms with Crippen LogP contribution >= 0.6 is 11.3 Å². The van der Waals surface area contributed by atoms with Crippen molar-refractivity contribution in [3.05, 3.63) is 46.3 Å². The normalized spacial score (nSPS) is 18.2. The molecule has 3 heterocycles. The van der Waals surface area contributed by atoms with E-state index in [4.69, 9.17) is 4.74 Å². The zero-order valence-corrected chi connectivity index (χ0v) is 12.1. The Bertz CT molecular complexity index is 598. The van der Waals surface area contributed by atoms with Gasteiger partial charge < -0.3 is 9.64 Å². The van der Waals surface area contributed by atoms with Crippen LogP contribution in [0.3, 0.4) is 0 Å². The molecule has 0 saturated carbocycles. The van der Waals surface area contributed by atoms with Crippen molar-refractivity contribution in [3.8, 4) is 5.88 Å². The maximum absolute atomic E-state index is 12.2.